The van der Waals surface area contributed by atoms with Gasteiger partial charge in [-0.1, -0.05) is 18.2 Å². The number of amides is 1. The minimum Gasteiger partial charge on any atom is -0.321 e. The first-order valence-electron chi connectivity index (χ1n) is 6.30. The highest BCUT2D eigenvalue weighted by Gasteiger charge is 2.13. The molecule has 0 aliphatic carbocycles. The number of carbonyl (C=O) groups excluding carboxylic acids is 1. The quantitative estimate of drug-likeness (QED) is 0.939. The van der Waals surface area contributed by atoms with Crippen LogP contribution in [-0.2, 0) is 21.1 Å². The van der Waals surface area contributed by atoms with Crippen molar-refractivity contribution in [2.75, 3.05) is 11.6 Å². The first-order chi connectivity index (χ1) is 10.3. The molecule has 2 aromatic carbocycles. The van der Waals surface area contributed by atoms with Crippen LogP contribution in [0.15, 0.2) is 47.4 Å². The summed E-state index contributed by atoms with van der Waals surface area (Å²) in [7, 11) is -3.31. The number of benzene rings is 2. The zero-order chi connectivity index (χ0) is 16.3. The van der Waals surface area contributed by atoms with Crippen LogP contribution in [0.4, 0.5) is 14.5 Å². The van der Waals surface area contributed by atoms with E-state index in [9.17, 15) is 22.0 Å². The van der Waals surface area contributed by atoms with Crippen LogP contribution in [-0.4, -0.2) is 20.6 Å². The number of halogens is 2. The van der Waals surface area contributed by atoms with E-state index in [1.54, 1.807) is 0 Å². The van der Waals surface area contributed by atoms with Crippen LogP contribution in [0.5, 0.6) is 0 Å². The molecule has 0 aliphatic rings. The smallest absolute Gasteiger partial charge is 0.228 e. The lowest BCUT2D eigenvalue weighted by Crippen LogP contribution is -2.16. The molecule has 0 spiro atoms. The normalized spacial score (nSPS) is 11.2. The SMILES string of the molecule is CS(=O)(=O)c1ccc(CC(=O)Nc2c(F)cccc2F)cc1. The van der Waals surface area contributed by atoms with E-state index in [0.717, 1.165) is 18.4 Å². The van der Waals surface area contributed by atoms with Gasteiger partial charge in [-0.2, -0.15) is 0 Å². The van der Waals surface area contributed by atoms with E-state index >= 15 is 0 Å². The highest BCUT2D eigenvalue weighted by molar-refractivity contribution is 7.90. The molecule has 0 atom stereocenters. The Kier molecular flexibility index (Phi) is 4.56. The summed E-state index contributed by atoms with van der Waals surface area (Å²) in [6.07, 6.45) is 0.952. The van der Waals surface area contributed by atoms with Crippen LogP contribution in [0, 0.1) is 11.6 Å². The van der Waals surface area contributed by atoms with E-state index in [0.29, 0.717) is 5.56 Å². The summed E-state index contributed by atoms with van der Waals surface area (Å²) in [4.78, 5) is 11.9. The van der Waals surface area contributed by atoms with Gasteiger partial charge < -0.3 is 5.32 Å². The molecule has 0 fully saturated rings. The average molecular weight is 325 g/mol. The van der Waals surface area contributed by atoms with Crippen LogP contribution < -0.4 is 5.32 Å². The van der Waals surface area contributed by atoms with E-state index < -0.39 is 33.1 Å². The predicted octanol–water partition coefficient (Wildman–Crippen LogP) is 2.55. The molecule has 2 aromatic rings. The van der Waals surface area contributed by atoms with Crippen molar-refractivity contribution in [3.8, 4) is 0 Å². The van der Waals surface area contributed by atoms with Gasteiger partial charge in [0, 0.05) is 6.26 Å². The molecule has 0 aliphatic heterocycles. The number of nitrogens with one attached hydrogen (secondary N) is 1. The molecule has 7 heteroatoms. The number of hydrogen-bond acceptors (Lipinski definition) is 3. The maximum atomic E-state index is 13.4. The van der Waals surface area contributed by atoms with Gasteiger partial charge in [0.25, 0.3) is 0 Å². The Morgan fingerprint density at radius 2 is 1.59 bits per heavy atom. The standard InChI is InChI=1S/C15H13F2NO3S/c1-22(20,21)11-7-5-10(6-8-11)9-14(19)18-15-12(16)3-2-4-13(15)17/h2-8H,9H2,1H3,(H,18,19). The fourth-order valence-electron chi connectivity index (χ4n) is 1.84. The van der Waals surface area contributed by atoms with Gasteiger partial charge in [-0.15, -0.1) is 0 Å². The van der Waals surface area contributed by atoms with Crippen molar-refractivity contribution in [3.63, 3.8) is 0 Å². The Balaban J connectivity index is 2.10. The van der Waals surface area contributed by atoms with E-state index in [2.05, 4.69) is 5.32 Å². The van der Waals surface area contributed by atoms with Crippen molar-refractivity contribution < 1.29 is 22.0 Å². The summed E-state index contributed by atoms with van der Waals surface area (Å²) in [6, 6.07) is 8.99. The van der Waals surface area contributed by atoms with Crippen molar-refractivity contribution in [2.45, 2.75) is 11.3 Å². The largest absolute Gasteiger partial charge is 0.321 e. The molecule has 0 aromatic heterocycles. The Bertz CT molecular complexity index is 782. The summed E-state index contributed by atoms with van der Waals surface area (Å²) < 4.78 is 49.5. The van der Waals surface area contributed by atoms with Crippen LogP contribution in [0.3, 0.4) is 0 Å². The lowest BCUT2D eigenvalue weighted by molar-refractivity contribution is -0.115. The summed E-state index contributed by atoms with van der Waals surface area (Å²) in [5, 5.41) is 2.16. The fourth-order valence-corrected chi connectivity index (χ4v) is 2.47. The van der Waals surface area contributed by atoms with Gasteiger partial charge in [0.2, 0.25) is 5.91 Å². The van der Waals surface area contributed by atoms with E-state index in [4.69, 9.17) is 0 Å². The third kappa shape index (κ3) is 3.88. The molecule has 0 heterocycles. The molecule has 1 N–H and O–H groups in total. The predicted molar refractivity (Wildman–Crippen MR) is 78.2 cm³/mol. The topological polar surface area (TPSA) is 63.2 Å². The number of carbonyl (C=O) groups is 1. The summed E-state index contributed by atoms with van der Waals surface area (Å²) in [5.74, 6) is -2.32. The lowest BCUT2D eigenvalue weighted by atomic mass is 10.1. The zero-order valence-corrected chi connectivity index (χ0v) is 12.5. The van der Waals surface area contributed by atoms with Crippen molar-refractivity contribution in [2.24, 2.45) is 0 Å². The third-order valence-corrected chi connectivity index (χ3v) is 4.07. The van der Waals surface area contributed by atoms with Crippen molar-refractivity contribution in [1.82, 2.24) is 0 Å². The van der Waals surface area contributed by atoms with E-state index in [-0.39, 0.29) is 11.3 Å². The summed E-state index contributed by atoms with van der Waals surface area (Å²) >= 11 is 0. The number of hydrogen-bond donors (Lipinski definition) is 1. The molecule has 4 nitrogen and oxygen atoms in total. The minimum atomic E-state index is -3.31. The molecule has 0 saturated carbocycles. The number of sulfone groups is 1. The van der Waals surface area contributed by atoms with Gasteiger partial charge >= 0.3 is 0 Å². The Hall–Kier alpha value is -2.28. The second-order valence-electron chi connectivity index (χ2n) is 4.74. The van der Waals surface area contributed by atoms with Crippen molar-refractivity contribution in [1.29, 1.82) is 0 Å². The van der Waals surface area contributed by atoms with Crippen molar-refractivity contribution in [3.05, 3.63) is 59.7 Å². The molecule has 0 radical (unpaired) electrons. The number of rotatable bonds is 4. The minimum absolute atomic E-state index is 0.127. The first kappa shape index (κ1) is 16.1. The van der Waals surface area contributed by atoms with Crippen LogP contribution in [0.2, 0.25) is 0 Å². The summed E-state index contributed by atoms with van der Waals surface area (Å²) in [5.41, 5.74) is 0.0295. The van der Waals surface area contributed by atoms with Gasteiger partial charge in [-0.05, 0) is 29.8 Å². The average Bonchev–Trinajstić information content (AvgIpc) is 2.43. The Morgan fingerprint density at radius 3 is 2.09 bits per heavy atom. The fraction of sp³-hybridized carbons (Fsp3) is 0.133. The third-order valence-electron chi connectivity index (χ3n) is 2.94. The van der Waals surface area contributed by atoms with Gasteiger partial charge in [0.1, 0.15) is 17.3 Å². The maximum Gasteiger partial charge on any atom is 0.228 e. The molecule has 116 valence electrons. The Labute approximate surface area is 126 Å². The molecule has 0 saturated heterocycles. The van der Waals surface area contributed by atoms with Gasteiger partial charge in [0.05, 0.1) is 11.3 Å². The Morgan fingerprint density at radius 1 is 1.05 bits per heavy atom. The monoisotopic (exact) mass is 325 g/mol. The van der Waals surface area contributed by atoms with Crippen LogP contribution >= 0.6 is 0 Å². The lowest BCUT2D eigenvalue weighted by Gasteiger charge is -2.08. The second kappa shape index (κ2) is 6.23. The van der Waals surface area contributed by atoms with E-state index in [1.807, 2.05) is 0 Å². The molecule has 22 heavy (non-hydrogen) atoms. The highest BCUT2D eigenvalue weighted by atomic mass is 32.2. The first-order valence-corrected chi connectivity index (χ1v) is 8.19. The molecule has 0 unspecified atom stereocenters. The number of para-hydroxylation sites is 1. The van der Waals surface area contributed by atoms with Gasteiger partial charge in [0.15, 0.2) is 9.84 Å². The zero-order valence-electron chi connectivity index (χ0n) is 11.6. The van der Waals surface area contributed by atoms with Gasteiger partial charge in [-0.3, -0.25) is 4.79 Å². The van der Waals surface area contributed by atoms with Crippen LogP contribution in [0.25, 0.3) is 0 Å². The molecule has 2 rings (SSSR count). The second-order valence-corrected chi connectivity index (χ2v) is 6.75. The molecular formula is C15H13F2NO3S. The maximum absolute atomic E-state index is 13.4. The van der Waals surface area contributed by atoms with E-state index in [1.165, 1.54) is 30.3 Å². The highest BCUT2D eigenvalue weighted by Crippen LogP contribution is 2.18. The van der Waals surface area contributed by atoms with Crippen molar-refractivity contribution >= 4 is 21.4 Å². The molecule has 1 amide bonds. The number of anilines is 1. The van der Waals surface area contributed by atoms with Gasteiger partial charge in [-0.25, -0.2) is 17.2 Å². The molecule has 0 bridgehead atoms. The van der Waals surface area contributed by atoms with Crippen LogP contribution in [0.1, 0.15) is 5.56 Å². The summed E-state index contributed by atoms with van der Waals surface area (Å²) in [6.45, 7) is 0. The molecular weight excluding hydrogens is 312 g/mol.